The van der Waals surface area contributed by atoms with Crippen LogP contribution in [0, 0.1) is 0 Å². The van der Waals surface area contributed by atoms with Crippen molar-refractivity contribution in [1.82, 2.24) is 0 Å². The summed E-state index contributed by atoms with van der Waals surface area (Å²) in [7, 11) is -0.299. The van der Waals surface area contributed by atoms with Crippen LogP contribution in [0.2, 0.25) is 0 Å². The fourth-order valence-corrected chi connectivity index (χ4v) is 3.59. The first kappa shape index (κ1) is 18.4. The van der Waals surface area contributed by atoms with Crippen molar-refractivity contribution < 1.29 is 14.1 Å². The van der Waals surface area contributed by atoms with E-state index in [9.17, 15) is 4.79 Å². The van der Waals surface area contributed by atoms with E-state index in [0.717, 1.165) is 25.7 Å². The summed E-state index contributed by atoms with van der Waals surface area (Å²) in [5.41, 5.74) is 1.74. The molecule has 1 aromatic carbocycles. The first-order valence-corrected chi connectivity index (χ1v) is 9.41. The van der Waals surface area contributed by atoms with E-state index in [4.69, 9.17) is 9.31 Å². The van der Waals surface area contributed by atoms with Crippen LogP contribution in [-0.4, -0.2) is 24.1 Å². The molecule has 2 aliphatic rings. The normalized spacial score (nSPS) is 23.9. The van der Waals surface area contributed by atoms with Crippen LogP contribution in [0.4, 0.5) is 0 Å². The lowest BCUT2D eigenvalue weighted by atomic mass is 9.64. The van der Waals surface area contributed by atoms with Crippen LogP contribution in [0.15, 0.2) is 42.0 Å². The molecule has 0 N–H and O–H groups in total. The van der Waals surface area contributed by atoms with Gasteiger partial charge in [-0.15, -0.1) is 0 Å². The van der Waals surface area contributed by atoms with E-state index in [0.29, 0.717) is 6.42 Å². The van der Waals surface area contributed by atoms with Crippen molar-refractivity contribution in [3.05, 3.63) is 47.5 Å². The molecule has 1 aliphatic heterocycles. The second-order valence-electron chi connectivity index (χ2n) is 8.32. The highest BCUT2D eigenvalue weighted by Gasteiger charge is 2.53. The summed E-state index contributed by atoms with van der Waals surface area (Å²) in [6.45, 7) is 8.35. The maximum Gasteiger partial charge on any atom is 0.466 e. The first-order chi connectivity index (χ1) is 11.8. The Labute approximate surface area is 151 Å². The summed E-state index contributed by atoms with van der Waals surface area (Å²) in [6.07, 6.45) is 6.43. The molecule has 25 heavy (non-hydrogen) atoms. The molecule has 1 atom stereocenters. The van der Waals surface area contributed by atoms with Gasteiger partial charge in [0, 0.05) is 12.2 Å². The molecule has 1 saturated heterocycles. The fraction of sp³-hybridized carbons (Fsp3) is 0.571. The van der Waals surface area contributed by atoms with Crippen molar-refractivity contribution in [2.24, 2.45) is 0 Å². The molecule has 0 unspecified atom stereocenters. The summed E-state index contributed by atoms with van der Waals surface area (Å²) >= 11 is 0. The second kappa shape index (κ2) is 7.09. The quantitative estimate of drug-likeness (QED) is 0.734. The Morgan fingerprint density at radius 2 is 1.60 bits per heavy atom. The Balaban J connectivity index is 1.88. The maximum atomic E-state index is 12.0. The van der Waals surface area contributed by atoms with Gasteiger partial charge in [0.25, 0.3) is 0 Å². The van der Waals surface area contributed by atoms with Gasteiger partial charge in [-0.25, -0.2) is 0 Å². The highest BCUT2D eigenvalue weighted by Crippen LogP contribution is 2.43. The molecule has 3 rings (SSSR count). The molecule has 134 valence electrons. The van der Waals surface area contributed by atoms with Gasteiger partial charge in [-0.3, -0.25) is 4.79 Å². The van der Waals surface area contributed by atoms with Crippen molar-refractivity contribution in [1.29, 1.82) is 0 Å². The van der Waals surface area contributed by atoms with Gasteiger partial charge in [0.1, 0.15) is 0 Å². The van der Waals surface area contributed by atoms with Gasteiger partial charge in [0.15, 0.2) is 5.78 Å². The fourth-order valence-electron chi connectivity index (χ4n) is 3.59. The third-order valence-electron chi connectivity index (χ3n) is 5.85. The molecule has 0 aromatic heterocycles. The number of carbonyl (C=O) groups is 1. The van der Waals surface area contributed by atoms with E-state index in [1.807, 2.05) is 12.1 Å². The second-order valence-corrected chi connectivity index (χ2v) is 8.32. The number of ketones is 1. The monoisotopic (exact) mass is 340 g/mol. The average molecular weight is 340 g/mol. The van der Waals surface area contributed by atoms with Gasteiger partial charge in [-0.05, 0) is 65.0 Å². The van der Waals surface area contributed by atoms with Gasteiger partial charge >= 0.3 is 7.12 Å². The molecule has 4 heteroatoms. The zero-order valence-corrected chi connectivity index (χ0v) is 15.9. The molecule has 3 nitrogen and oxygen atoms in total. The molecule has 0 bridgehead atoms. The van der Waals surface area contributed by atoms with E-state index in [2.05, 4.69) is 52.0 Å². The number of hydrogen-bond acceptors (Lipinski definition) is 3. The minimum absolute atomic E-state index is 0.0967. The Kier molecular flexibility index (Phi) is 5.22. The molecule has 0 saturated carbocycles. The Morgan fingerprint density at radius 1 is 1.00 bits per heavy atom. The van der Waals surface area contributed by atoms with E-state index in [-0.39, 0.29) is 29.9 Å². The van der Waals surface area contributed by atoms with Gasteiger partial charge in [0.05, 0.1) is 11.2 Å². The van der Waals surface area contributed by atoms with Crippen molar-refractivity contribution in [2.45, 2.75) is 76.8 Å². The van der Waals surface area contributed by atoms with Crippen LogP contribution in [0.5, 0.6) is 0 Å². The number of benzene rings is 1. The highest BCUT2D eigenvalue weighted by molar-refractivity contribution is 6.47. The lowest BCUT2D eigenvalue weighted by Gasteiger charge is -2.32. The summed E-state index contributed by atoms with van der Waals surface area (Å²) in [5, 5.41) is 0. The third-order valence-corrected chi connectivity index (χ3v) is 5.85. The van der Waals surface area contributed by atoms with Crippen molar-refractivity contribution in [3.8, 4) is 0 Å². The van der Waals surface area contributed by atoms with Gasteiger partial charge < -0.3 is 9.31 Å². The molecule has 1 aromatic rings. The first-order valence-electron chi connectivity index (χ1n) is 9.41. The molecule has 0 amide bonds. The standard InChI is InChI=1S/C21H29BO3/c1-20(2)21(3,4)25-22(24-20)19(17-11-6-5-7-12-17)15-16-10-8-9-13-18(23)14-16/h5-7,11-12,14,19H,8-10,13,15H2,1-4H3/t19-/m1/s1. The van der Waals surface area contributed by atoms with Crippen LogP contribution in [0.1, 0.15) is 71.2 Å². The largest absolute Gasteiger partial charge is 0.466 e. The smallest absolute Gasteiger partial charge is 0.403 e. The SMILES string of the molecule is CC1(C)OB([C@H](CC2=CC(=O)CCCC2)c2ccccc2)OC1(C)C. The summed E-state index contributed by atoms with van der Waals surface area (Å²) in [4.78, 5) is 12.0. The molecule has 0 spiro atoms. The average Bonchev–Trinajstić information content (AvgIpc) is 2.68. The van der Waals surface area contributed by atoms with Crippen LogP contribution in [0.3, 0.4) is 0 Å². The third kappa shape index (κ3) is 4.07. The van der Waals surface area contributed by atoms with E-state index < -0.39 is 0 Å². The van der Waals surface area contributed by atoms with Crippen molar-refractivity contribution in [2.75, 3.05) is 0 Å². The molecule has 0 radical (unpaired) electrons. The van der Waals surface area contributed by atoms with Crippen molar-refractivity contribution in [3.63, 3.8) is 0 Å². The summed E-state index contributed by atoms with van der Waals surface area (Å²) in [6, 6.07) is 10.4. The molecular formula is C21H29BO3. The molecule has 1 aliphatic carbocycles. The zero-order chi connectivity index (χ0) is 18.1. The van der Waals surface area contributed by atoms with E-state index in [1.54, 1.807) is 0 Å². The minimum Gasteiger partial charge on any atom is -0.403 e. The number of rotatable bonds is 4. The predicted octanol–water partition coefficient (Wildman–Crippen LogP) is 4.86. The Bertz CT molecular complexity index is 632. The highest BCUT2D eigenvalue weighted by atomic mass is 16.7. The van der Waals surface area contributed by atoms with E-state index >= 15 is 0 Å². The van der Waals surface area contributed by atoms with Crippen LogP contribution >= 0.6 is 0 Å². The Morgan fingerprint density at radius 3 is 2.24 bits per heavy atom. The molecule has 1 fully saturated rings. The van der Waals surface area contributed by atoms with Gasteiger partial charge in [-0.1, -0.05) is 35.9 Å². The summed E-state index contributed by atoms with van der Waals surface area (Å²) < 4.78 is 12.7. The van der Waals surface area contributed by atoms with E-state index in [1.165, 1.54) is 11.1 Å². The molecular weight excluding hydrogens is 311 g/mol. The number of hydrogen-bond donors (Lipinski definition) is 0. The Hall–Kier alpha value is -1.39. The van der Waals surface area contributed by atoms with Crippen LogP contribution in [-0.2, 0) is 14.1 Å². The number of carbonyl (C=O) groups excluding carboxylic acids is 1. The van der Waals surface area contributed by atoms with Gasteiger partial charge in [-0.2, -0.15) is 0 Å². The lowest BCUT2D eigenvalue weighted by molar-refractivity contribution is -0.114. The molecule has 1 heterocycles. The minimum atomic E-state index is -0.349. The summed E-state index contributed by atoms with van der Waals surface area (Å²) in [5.74, 6) is 0.354. The van der Waals surface area contributed by atoms with Gasteiger partial charge in [0.2, 0.25) is 0 Å². The zero-order valence-electron chi connectivity index (χ0n) is 15.9. The maximum absolute atomic E-state index is 12.0. The lowest BCUT2D eigenvalue weighted by Crippen LogP contribution is -2.41. The predicted molar refractivity (Wildman–Crippen MR) is 101 cm³/mol. The van der Waals surface area contributed by atoms with Crippen molar-refractivity contribution >= 4 is 12.9 Å². The van der Waals surface area contributed by atoms with Crippen LogP contribution < -0.4 is 0 Å². The van der Waals surface area contributed by atoms with Crippen LogP contribution in [0.25, 0.3) is 0 Å². The topological polar surface area (TPSA) is 35.5 Å². The number of allylic oxidation sites excluding steroid dienone is 2.